The average molecular weight is 194 g/mol. The van der Waals surface area contributed by atoms with E-state index in [1.807, 2.05) is 0 Å². The molecule has 0 saturated carbocycles. The predicted octanol–water partition coefficient (Wildman–Crippen LogP) is 0.168. The maximum absolute atomic E-state index is 10.5. The third-order valence-corrected chi connectivity index (χ3v) is 1.65. The molecule has 0 aliphatic heterocycles. The Kier molecular flexibility index (Phi) is 1.77. The second kappa shape index (κ2) is 2.95. The molecule has 0 radical (unpaired) electrons. The maximum Gasteiger partial charge on any atom is 0.377 e. The Labute approximate surface area is 78.0 Å². The van der Waals surface area contributed by atoms with Crippen molar-refractivity contribution in [2.45, 2.75) is 0 Å². The monoisotopic (exact) mass is 194 g/mol. The number of carboxylic acids is 1. The summed E-state index contributed by atoms with van der Waals surface area (Å²) in [6.07, 6.45) is 3.07. The van der Waals surface area contributed by atoms with E-state index in [2.05, 4.69) is 15.1 Å². The van der Waals surface area contributed by atoms with Crippen LogP contribution < -0.4 is 0 Å². The van der Waals surface area contributed by atoms with Gasteiger partial charge in [-0.15, -0.1) is 0 Å². The highest BCUT2D eigenvalue weighted by Crippen LogP contribution is 2.14. The molecule has 7 heteroatoms. The first-order valence-corrected chi connectivity index (χ1v) is 3.72. The molecular weight excluding hydrogens is 188 g/mol. The number of nitrogens with zero attached hydrogens (tertiary/aromatic N) is 4. The van der Waals surface area contributed by atoms with Crippen LogP contribution in [-0.2, 0) is 7.05 Å². The Bertz CT molecular complexity index is 473. The smallest absolute Gasteiger partial charge is 0.377 e. The second-order valence-electron chi connectivity index (χ2n) is 2.62. The fourth-order valence-corrected chi connectivity index (χ4v) is 0.978. The number of aromatic nitrogens is 4. The molecule has 14 heavy (non-hydrogen) atoms. The lowest BCUT2D eigenvalue weighted by molar-refractivity contribution is 0.0680. The summed E-state index contributed by atoms with van der Waals surface area (Å²) >= 11 is 0. The molecule has 0 aromatic carbocycles. The summed E-state index contributed by atoms with van der Waals surface area (Å²) in [5.74, 6) is -1.44. The van der Waals surface area contributed by atoms with Crippen LogP contribution in [0.25, 0.3) is 11.6 Å². The molecule has 7 nitrogen and oxygen atoms in total. The molecule has 0 saturated heterocycles. The maximum atomic E-state index is 10.5. The van der Waals surface area contributed by atoms with Gasteiger partial charge in [-0.1, -0.05) is 0 Å². The molecule has 1 N–H and O–H groups in total. The van der Waals surface area contributed by atoms with Crippen LogP contribution in [0.15, 0.2) is 17.0 Å². The summed E-state index contributed by atoms with van der Waals surface area (Å²) in [6.45, 7) is 0. The van der Waals surface area contributed by atoms with Crippen LogP contribution >= 0.6 is 0 Å². The Morgan fingerprint density at radius 3 is 2.93 bits per heavy atom. The van der Waals surface area contributed by atoms with Gasteiger partial charge in [0.1, 0.15) is 5.69 Å². The molecule has 0 amide bonds. The molecule has 2 aromatic rings. The van der Waals surface area contributed by atoms with Gasteiger partial charge in [0.15, 0.2) is 0 Å². The van der Waals surface area contributed by atoms with Gasteiger partial charge in [-0.05, 0) is 5.16 Å². The molecule has 0 atom stereocenters. The van der Waals surface area contributed by atoms with Crippen molar-refractivity contribution in [3.63, 3.8) is 0 Å². The Morgan fingerprint density at radius 1 is 1.64 bits per heavy atom. The molecule has 0 bridgehead atoms. The predicted molar refractivity (Wildman–Crippen MR) is 43.5 cm³/mol. The first kappa shape index (κ1) is 8.42. The molecular formula is C7H6N4O3. The van der Waals surface area contributed by atoms with Gasteiger partial charge in [-0.3, -0.25) is 0 Å². The molecule has 2 heterocycles. The van der Waals surface area contributed by atoms with E-state index >= 15 is 0 Å². The zero-order valence-electron chi connectivity index (χ0n) is 7.21. The van der Waals surface area contributed by atoms with Gasteiger partial charge >= 0.3 is 5.97 Å². The van der Waals surface area contributed by atoms with Crippen molar-refractivity contribution in [2.24, 2.45) is 7.05 Å². The van der Waals surface area contributed by atoms with E-state index in [9.17, 15) is 4.79 Å². The van der Waals surface area contributed by atoms with E-state index < -0.39 is 5.97 Å². The second-order valence-corrected chi connectivity index (χ2v) is 2.62. The van der Waals surface area contributed by atoms with Gasteiger partial charge in [-0.25, -0.2) is 9.78 Å². The van der Waals surface area contributed by atoms with E-state index in [0.717, 1.165) is 0 Å². The number of carboxylic acid groups (broad SMARTS) is 1. The average Bonchev–Trinajstić information content (AvgIpc) is 2.71. The van der Waals surface area contributed by atoms with Crippen molar-refractivity contribution in [1.29, 1.82) is 0 Å². The lowest BCUT2D eigenvalue weighted by Crippen LogP contribution is -1.98. The molecule has 72 valence electrons. The zero-order chi connectivity index (χ0) is 10.1. The third kappa shape index (κ3) is 1.24. The number of aryl methyl sites for hydroxylation is 1. The van der Waals surface area contributed by atoms with Crippen molar-refractivity contribution in [2.75, 3.05) is 0 Å². The Morgan fingerprint density at radius 2 is 2.43 bits per heavy atom. The van der Waals surface area contributed by atoms with Crippen LogP contribution in [0.2, 0.25) is 0 Å². The van der Waals surface area contributed by atoms with Crippen LogP contribution in [0.5, 0.6) is 0 Å². The minimum absolute atomic E-state index is 0.141. The van der Waals surface area contributed by atoms with Gasteiger partial charge in [0.25, 0.3) is 11.7 Å². The summed E-state index contributed by atoms with van der Waals surface area (Å²) in [4.78, 5) is 18.0. The van der Waals surface area contributed by atoms with Crippen LogP contribution in [0.4, 0.5) is 0 Å². The minimum atomic E-state index is -1.22. The van der Waals surface area contributed by atoms with Crippen molar-refractivity contribution in [3.05, 3.63) is 18.3 Å². The summed E-state index contributed by atoms with van der Waals surface area (Å²) < 4.78 is 6.40. The summed E-state index contributed by atoms with van der Waals surface area (Å²) in [5.41, 5.74) is 0.574. The molecule has 0 unspecified atom stereocenters. The minimum Gasteiger partial charge on any atom is -0.475 e. The first-order chi connectivity index (χ1) is 6.68. The number of imidazole rings is 1. The summed E-state index contributed by atoms with van der Waals surface area (Å²) in [5, 5.41) is 11.8. The molecule has 2 rings (SSSR count). The summed E-state index contributed by atoms with van der Waals surface area (Å²) in [6, 6.07) is 0. The van der Waals surface area contributed by atoms with Crippen molar-refractivity contribution >= 4 is 5.97 Å². The highest BCUT2D eigenvalue weighted by molar-refractivity contribution is 5.83. The highest BCUT2D eigenvalue weighted by atomic mass is 16.5. The van der Waals surface area contributed by atoms with E-state index in [1.165, 1.54) is 6.20 Å². The van der Waals surface area contributed by atoms with Crippen LogP contribution in [0.3, 0.4) is 0 Å². The standard InChI is InChI=1S/C7H6N4O3/c1-11-3-8-2-4(11)6-9-5(7(12)13)10-14-6/h2-3H,1H3,(H,12,13). The molecule has 2 aromatic heterocycles. The van der Waals surface area contributed by atoms with E-state index in [1.54, 1.807) is 17.9 Å². The first-order valence-electron chi connectivity index (χ1n) is 3.72. The van der Waals surface area contributed by atoms with E-state index in [-0.39, 0.29) is 11.7 Å². The number of hydrogen-bond acceptors (Lipinski definition) is 5. The fourth-order valence-electron chi connectivity index (χ4n) is 0.978. The highest BCUT2D eigenvalue weighted by Gasteiger charge is 2.15. The normalized spacial score (nSPS) is 10.4. The quantitative estimate of drug-likeness (QED) is 0.732. The SMILES string of the molecule is Cn1cncc1-c1nc(C(=O)O)no1. The van der Waals surface area contributed by atoms with Gasteiger partial charge in [-0.2, -0.15) is 4.98 Å². The van der Waals surface area contributed by atoms with Crippen molar-refractivity contribution in [1.82, 2.24) is 19.7 Å². The van der Waals surface area contributed by atoms with Crippen molar-refractivity contribution < 1.29 is 14.4 Å². The van der Waals surface area contributed by atoms with Gasteiger partial charge in [0, 0.05) is 7.05 Å². The molecule has 0 aliphatic rings. The lowest BCUT2D eigenvalue weighted by atomic mass is 10.4. The number of carbonyl (C=O) groups is 1. The van der Waals surface area contributed by atoms with Crippen LogP contribution in [0.1, 0.15) is 10.6 Å². The topological polar surface area (TPSA) is 94.0 Å². The van der Waals surface area contributed by atoms with E-state index in [4.69, 9.17) is 9.63 Å². The fraction of sp³-hybridized carbons (Fsp3) is 0.143. The Balaban J connectivity index is 2.43. The molecule has 0 fully saturated rings. The van der Waals surface area contributed by atoms with Gasteiger partial charge < -0.3 is 14.2 Å². The van der Waals surface area contributed by atoms with Gasteiger partial charge in [0.05, 0.1) is 12.5 Å². The summed E-state index contributed by atoms with van der Waals surface area (Å²) in [7, 11) is 1.74. The largest absolute Gasteiger partial charge is 0.475 e. The number of hydrogen-bond donors (Lipinski definition) is 1. The van der Waals surface area contributed by atoms with E-state index in [0.29, 0.717) is 5.69 Å². The third-order valence-electron chi connectivity index (χ3n) is 1.65. The molecule has 0 aliphatic carbocycles. The van der Waals surface area contributed by atoms with Crippen molar-refractivity contribution in [3.8, 4) is 11.6 Å². The molecule has 0 spiro atoms. The Hall–Kier alpha value is -2.18. The van der Waals surface area contributed by atoms with Crippen LogP contribution in [0, 0.1) is 0 Å². The zero-order valence-corrected chi connectivity index (χ0v) is 7.21. The lowest BCUT2D eigenvalue weighted by Gasteiger charge is -1.92. The number of aromatic carboxylic acids is 1. The van der Waals surface area contributed by atoms with Crippen LogP contribution in [-0.4, -0.2) is 30.8 Å². The number of rotatable bonds is 2. The van der Waals surface area contributed by atoms with Gasteiger partial charge in [0.2, 0.25) is 0 Å².